The zero-order valence-electron chi connectivity index (χ0n) is 10.1. The summed E-state index contributed by atoms with van der Waals surface area (Å²) >= 11 is 0. The number of hydrogen-bond acceptors (Lipinski definition) is 5. The van der Waals surface area contributed by atoms with Gasteiger partial charge in [-0.2, -0.15) is 5.10 Å². The minimum Gasteiger partial charge on any atom is -0.464 e. The zero-order chi connectivity index (χ0) is 13.0. The Balaban J connectivity index is 2.01. The molecule has 1 atom stereocenters. The molecule has 0 radical (unpaired) electrons. The van der Waals surface area contributed by atoms with E-state index in [-0.39, 0.29) is 18.2 Å². The van der Waals surface area contributed by atoms with E-state index in [4.69, 9.17) is 4.74 Å². The molecule has 0 saturated carbocycles. The highest BCUT2D eigenvalue weighted by Gasteiger charge is 2.30. The molecule has 1 heterocycles. The first-order valence-corrected chi connectivity index (χ1v) is 5.81. The third-order valence-electron chi connectivity index (χ3n) is 2.62. The maximum atomic E-state index is 12.1. The van der Waals surface area contributed by atoms with Gasteiger partial charge in [-0.3, -0.25) is 10.2 Å². The van der Waals surface area contributed by atoms with E-state index in [1.807, 2.05) is 6.07 Å². The lowest BCUT2D eigenvalue weighted by Crippen LogP contribution is -2.32. The second-order valence-corrected chi connectivity index (χ2v) is 3.89. The van der Waals surface area contributed by atoms with Crippen molar-refractivity contribution in [3.8, 4) is 0 Å². The summed E-state index contributed by atoms with van der Waals surface area (Å²) in [4.78, 5) is 23.5. The summed E-state index contributed by atoms with van der Waals surface area (Å²) in [5, 5.41) is 3.91. The fraction of sp³-hybridized carbons (Fsp3) is 0.308. The number of nitrogens with one attached hydrogen (secondary N) is 1. The van der Waals surface area contributed by atoms with Gasteiger partial charge in [-0.15, -0.1) is 0 Å². The number of carbonyl (C=O) groups is 2. The molecule has 0 aliphatic carbocycles. The molecule has 94 valence electrons. The van der Waals surface area contributed by atoms with Crippen LogP contribution >= 0.6 is 0 Å². The Morgan fingerprint density at radius 2 is 2.11 bits per heavy atom. The molecule has 0 amide bonds. The van der Waals surface area contributed by atoms with Crippen LogP contribution in [-0.4, -0.2) is 30.1 Å². The molecular formula is C13H14N2O3. The summed E-state index contributed by atoms with van der Waals surface area (Å²) in [6, 6.07) is 8.32. The summed E-state index contributed by atoms with van der Waals surface area (Å²) in [6.45, 7) is 2.06. The van der Waals surface area contributed by atoms with Crippen molar-refractivity contribution in [3.63, 3.8) is 0 Å². The van der Waals surface area contributed by atoms with Crippen molar-refractivity contribution in [1.29, 1.82) is 0 Å². The number of ether oxygens (including phenoxy) is 1. The van der Waals surface area contributed by atoms with Crippen molar-refractivity contribution in [2.24, 2.45) is 5.10 Å². The summed E-state index contributed by atoms with van der Waals surface area (Å²) in [6.07, 6.45) is 0.270. The molecule has 1 aromatic carbocycles. The molecule has 0 spiro atoms. The van der Waals surface area contributed by atoms with Crippen LogP contribution in [0, 0.1) is 0 Å². The van der Waals surface area contributed by atoms with Crippen LogP contribution in [0.3, 0.4) is 0 Å². The lowest BCUT2D eigenvalue weighted by atomic mass is 10.0. The van der Waals surface area contributed by atoms with Crippen LogP contribution in [0.4, 0.5) is 0 Å². The standard InChI is InChI=1S/C13H14N2O3/c1-2-18-13(17)11-8-10(14-15-11)12(16)9-6-4-3-5-7-9/h3-7,11,15H,2,8H2,1H3. The maximum absolute atomic E-state index is 12.1. The third-order valence-corrected chi connectivity index (χ3v) is 2.62. The molecule has 0 fully saturated rings. The monoisotopic (exact) mass is 246 g/mol. The van der Waals surface area contributed by atoms with Crippen LogP contribution in [0.1, 0.15) is 23.7 Å². The maximum Gasteiger partial charge on any atom is 0.330 e. The number of nitrogens with zero attached hydrogens (tertiary/aromatic N) is 1. The lowest BCUT2D eigenvalue weighted by Gasteiger charge is -2.07. The van der Waals surface area contributed by atoms with E-state index < -0.39 is 6.04 Å². The number of carbonyl (C=O) groups excluding carboxylic acids is 2. The van der Waals surface area contributed by atoms with Crippen LogP contribution in [0.5, 0.6) is 0 Å². The normalized spacial score (nSPS) is 17.8. The first-order valence-electron chi connectivity index (χ1n) is 5.81. The van der Waals surface area contributed by atoms with Crippen molar-refractivity contribution in [1.82, 2.24) is 5.43 Å². The Morgan fingerprint density at radius 3 is 2.78 bits per heavy atom. The van der Waals surface area contributed by atoms with Gasteiger partial charge in [-0.1, -0.05) is 30.3 Å². The van der Waals surface area contributed by atoms with E-state index in [1.54, 1.807) is 31.2 Å². The molecule has 0 bridgehead atoms. The smallest absolute Gasteiger partial charge is 0.330 e. The summed E-state index contributed by atoms with van der Waals surface area (Å²) in [5.41, 5.74) is 3.57. The topological polar surface area (TPSA) is 67.8 Å². The van der Waals surface area contributed by atoms with E-state index in [1.165, 1.54) is 0 Å². The van der Waals surface area contributed by atoms with Gasteiger partial charge in [0.15, 0.2) is 0 Å². The third kappa shape index (κ3) is 2.56. The Kier molecular flexibility index (Phi) is 3.72. The van der Waals surface area contributed by atoms with Gasteiger partial charge < -0.3 is 4.74 Å². The number of hydrazone groups is 1. The number of hydrogen-bond donors (Lipinski definition) is 1. The molecule has 5 nitrogen and oxygen atoms in total. The van der Waals surface area contributed by atoms with Crippen molar-refractivity contribution >= 4 is 17.5 Å². The second kappa shape index (κ2) is 5.44. The van der Waals surface area contributed by atoms with E-state index in [2.05, 4.69) is 10.5 Å². The summed E-state index contributed by atoms with van der Waals surface area (Å²) < 4.78 is 4.87. The number of benzene rings is 1. The zero-order valence-corrected chi connectivity index (χ0v) is 10.1. The number of esters is 1. The van der Waals surface area contributed by atoms with E-state index in [0.717, 1.165) is 0 Å². The average Bonchev–Trinajstić information content (AvgIpc) is 2.89. The largest absolute Gasteiger partial charge is 0.464 e. The van der Waals surface area contributed by atoms with Crippen LogP contribution in [0.2, 0.25) is 0 Å². The highest BCUT2D eigenvalue weighted by atomic mass is 16.5. The quantitative estimate of drug-likeness (QED) is 0.639. The highest BCUT2D eigenvalue weighted by molar-refractivity contribution is 6.46. The minimum absolute atomic E-state index is 0.158. The summed E-state index contributed by atoms with van der Waals surface area (Å²) in [7, 11) is 0. The molecule has 0 aromatic heterocycles. The minimum atomic E-state index is -0.549. The van der Waals surface area contributed by atoms with Crippen LogP contribution < -0.4 is 5.43 Å². The van der Waals surface area contributed by atoms with Crippen molar-refractivity contribution in [3.05, 3.63) is 35.9 Å². The van der Waals surface area contributed by atoms with Gasteiger partial charge in [-0.05, 0) is 6.92 Å². The highest BCUT2D eigenvalue weighted by Crippen LogP contribution is 2.11. The van der Waals surface area contributed by atoms with Crippen LogP contribution in [0.25, 0.3) is 0 Å². The molecule has 2 rings (SSSR count). The van der Waals surface area contributed by atoms with Crippen LogP contribution in [-0.2, 0) is 9.53 Å². The fourth-order valence-electron chi connectivity index (χ4n) is 1.72. The number of rotatable bonds is 4. The fourth-order valence-corrected chi connectivity index (χ4v) is 1.72. The molecule has 1 aliphatic heterocycles. The number of Topliss-reactive ketones (excluding diaryl/α,β-unsaturated/α-hetero) is 1. The van der Waals surface area contributed by atoms with E-state index >= 15 is 0 Å². The number of ketones is 1. The molecule has 1 aliphatic rings. The molecule has 5 heteroatoms. The average molecular weight is 246 g/mol. The van der Waals surface area contributed by atoms with Gasteiger partial charge >= 0.3 is 5.97 Å². The van der Waals surface area contributed by atoms with E-state index in [9.17, 15) is 9.59 Å². The Hall–Kier alpha value is -2.17. The Labute approximate surface area is 105 Å². The van der Waals surface area contributed by atoms with Crippen molar-refractivity contribution < 1.29 is 14.3 Å². The molecule has 18 heavy (non-hydrogen) atoms. The molecule has 1 N–H and O–H groups in total. The van der Waals surface area contributed by atoms with Crippen molar-refractivity contribution in [2.45, 2.75) is 19.4 Å². The molecule has 1 unspecified atom stereocenters. The molecule has 1 aromatic rings. The molecular weight excluding hydrogens is 232 g/mol. The summed E-state index contributed by atoms with van der Waals surface area (Å²) in [5.74, 6) is -0.535. The van der Waals surface area contributed by atoms with Crippen LogP contribution in [0.15, 0.2) is 35.4 Å². The lowest BCUT2D eigenvalue weighted by molar-refractivity contribution is -0.145. The first kappa shape index (κ1) is 12.3. The van der Waals surface area contributed by atoms with E-state index in [0.29, 0.717) is 17.9 Å². The van der Waals surface area contributed by atoms with Gasteiger partial charge in [0.1, 0.15) is 11.8 Å². The SMILES string of the molecule is CCOC(=O)C1CC(C(=O)c2ccccc2)=NN1. The van der Waals surface area contributed by atoms with Gasteiger partial charge in [0.25, 0.3) is 0 Å². The molecule has 0 saturated heterocycles. The Bertz CT molecular complexity index is 482. The predicted molar refractivity (Wildman–Crippen MR) is 66.4 cm³/mol. The Morgan fingerprint density at radius 1 is 1.39 bits per heavy atom. The first-order chi connectivity index (χ1) is 8.72. The van der Waals surface area contributed by atoms with Gasteiger partial charge in [0, 0.05) is 12.0 Å². The van der Waals surface area contributed by atoms with Gasteiger partial charge in [-0.25, -0.2) is 4.79 Å². The van der Waals surface area contributed by atoms with Gasteiger partial charge in [0.2, 0.25) is 5.78 Å². The predicted octanol–water partition coefficient (Wildman–Crippen LogP) is 1.15. The second-order valence-electron chi connectivity index (χ2n) is 3.89. The van der Waals surface area contributed by atoms with Crippen molar-refractivity contribution in [2.75, 3.05) is 6.61 Å². The van der Waals surface area contributed by atoms with Gasteiger partial charge in [0.05, 0.1) is 6.61 Å².